The van der Waals surface area contributed by atoms with Gasteiger partial charge in [0.25, 0.3) is 0 Å². The molecule has 0 aromatic rings. The zero-order chi connectivity index (χ0) is 25.2. The quantitative estimate of drug-likeness (QED) is 0.134. The van der Waals surface area contributed by atoms with Crippen molar-refractivity contribution in [3.05, 3.63) is 12.7 Å². The van der Waals surface area contributed by atoms with Gasteiger partial charge >= 0.3 is 0 Å². The highest BCUT2D eigenvalue weighted by atomic mass is 28.4. The molecule has 6 atom stereocenters. The van der Waals surface area contributed by atoms with Gasteiger partial charge in [0.1, 0.15) is 0 Å². The molecule has 1 N–H and O–H groups in total. The summed E-state index contributed by atoms with van der Waals surface area (Å²) in [4.78, 5) is 0. The van der Waals surface area contributed by atoms with Crippen LogP contribution in [-0.2, 0) is 13.9 Å². The van der Waals surface area contributed by atoms with Gasteiger partial charge in [0, 0.05) is 0 Å². The van der Waals surface area contributed by atoms with Crippen LogP contribution >= 0.6 is 0 Å². The van der Waals surface area contributed by atoms with Gasteiger partial charge in [-0.25, -0.2) is 0 Å². The van der Waals surface area contributed by atoms with Crippen LogP contribution in [0.2, 0.25) is 18.1 Å². The van der Waals surface area contributed by atoms with E-state index < -0.39 is 14.4 Å². The largest absolute Gasteiger partial charge is 0.411 e. The molecule has 0 saturated carbocycles. The summed E-state index contributed by atoms with van der Waals surface area (Å²) in [5.41, 5.74) is 0. The molecule has 2 aliphatic rings. The summed E-state index contributed by atoms with van der Waals surface area (Å²) in [7, 11) is -1.87. The van der Waals surface area contributed by atoms with E-state index in [-0.39, 0.29) is 35.6 Å². The van der Waals surface area contributed by atoms with E-state index in [4.69, 9.17) is 13.9 Å². The molecule has 2 saturated heterocycles. The van der Waals surface area contributed by atoms with Crippen molar-refractivity contribution in [1.29, 1.82) is 0 Å². The van der Waals surface area contributed by atoms with E-state index in [1.165, 1.54) is 51.4 Å². The summed E-state index contributed by atoms with van der Waals surface area (Å²) >= 11 is 0. The van der Waals surface area contributed by atoms with Crippen molar-refractivity contribution < 1.29 is 19.0 Å². The lowest BCUT2D eigenvalue weighted by atomic mass is 10.0. The Balaban J connectivity index is 1.88. The first-order valence-corrected chi connectivity index (χ1v) is 17.3. The van der Waals surface area contributed by atoms with Gasteiger partial charge < -0.3 is 19.0 Å². The molecular weight excluding hydrogens is 440 g/mol. The van der Waals surface area contributed by atoms with Crippen LogP contribution in [-0.4, -0.2) is 50.0 Å². The van der Waals surface area contributed by atoms with Crippen molar-refractivity contribution in [3.63, 3.8) is 0 Å². The molecule has 0 unspecified atom stereocenters. The molecule has 0 aliphatic carbocycles. The summed E-state index contributed by atoms with van der Waals surface area (Å²) in [6, 6.07) is 0. The van der Waals surface area contributed by atoms with Crippen LogP contribution in [0, 0.1) is 0 Å². The summed E-state index contributed by atoms with van der Waals surface area (Å²) in [5, 5.41) is 10.5. The maximum Gasteiger partial charge on any atom is 0.192 e. The van der Waals surface area contributed by atoms with Crippen LogP contribution in [0.25, 0.3) is 0 Å². The standard InChI is InChI=1S/C29H56O4Si/c1-8-10-11-12-13-14-15-16-18-28(33-34(6,7)29(3,4)5)27-22-21-26(32-27)25-20-19-24(31-25)23(30)17-9-2/h9,23-28,30H,2,8,10-22H2,1,3-7H3/t23-,24-,25+,26+,27-,28+/m1/s1. The maximum absolute atomic E-state index is 10.3. The lowest BCUT2D eigenvalue weighted by Gasteiger charge is -2.41. The van der Waals surface area contributed by atoms with Gasteiger partial charge in [-0.1, -0.05) is 85.1 Å². The number of aliphatic hydroxyl groups excluding tert-OH is 1. The van der Waals surface area contributed by atoms with Crippen LogP contribution in [0.1, 0.15) is 118 Å². The van der Waals surface area contributed by atoms with Gasteiger partial charge in [-0.2, -0.15) is 0 Å². The topological polar surface area (TPSA) is 47.9 Å². The van der Waals surface area contributed by atoms with Crippen LogP contribution in [0.5, 0.6) is 0 Å². The maximum atomic E-state index is 10.3. The number of ether oxygens (including phenoxy) is 2. The molecule has 5 heteroatoms. The average molecular weight is 497 g/mol. The first kappa shape index (κ1) is 30.0. The molecule has 4 nitrogen and oxygen atoms in total. The van der Waals surface area contributed by atoms with Crippen LogP contribution in [0.3, 0.4) is 0 Å². The van der Waals surface area contributed by atoms with E-state index >= 15 is 0 Å². The third-order valence-electron chi connectivity index (χ3n) is 8.43. The lowest BCUT2D eigenvalue weighted by molar-refractivity contribution is -0.107. The zero-order valence-corrected chi connectivity index (χ0v) is 24.3. The summed E-state index contributed by atoms with van der Waals surface area (Å²) < 4.78 is 19.9. The molecule has 200 valence electrons. The van der Waals surface area contributed by atoms with Gasteiger partial charge in [0.05, 0.1) is 36.6 Å². The van der Waals surface area contributed by atoms with E-state index in [9.17, 15) is 5.11 Å². The fraction of sp³-hybridized carbons (Fsp3) is 0.931. The first-order valence-electron chi connectivity index (χ1n) is 14.4. The molecule has 0 spiro atoms. The van der Waals surface area contributed by atoms with Crippen LogP contribution in [0.4, 0.5) is 0 Å². The second-order valence-corrected chi connectivity index (χ2v) is 17.1. The summed E-state index contributed by atoms with van der Waals surface area (Å²) in [6.07, 6.45) is 18.2. The van der Waals surface area contributed by atoms with E-state index in [1.807, 2.05) is 0 Å². The van der Waals surface area contributed by atoms with Gasteiger partial charge in [-0.05, 0) is 56.7 Å². The molecule has 0 radical (unpaired) electrons. The van der Waals surface area contributed by atoms with Gasteiger partial charge in [-0.3, -0.25) is 0 Å². The monoisotopic (exact) mass is 496 g/mol. The summed E-state index contributed by atoms with van der Waals surface area (Å²) in [5.74, 6) is 0. The van der Waals surface area contributed by atoms with Crippen LogP contribution in [0.15, 0.2) is 12.7 Å². The Bertz CT molecular complexity index is 573. The minimum Gasteiger partial charge on any atom is -0.411 e. The lowest BCUT2D eigenvalue weighted by Crippen LogP contribution is -2.47. The van der Waals surface area contributed by atoms with Crippen molar-refractivity contribution in [3.8, 4) is 0 Å². The summed E-state index contributed by atoms with van der Waals surface area (Å²) in [6.45, 7) is 17.7. The Kier molecular flexibility index (Phi) is 12.8. The molecule has 2 aliphatic heterocycles. The number of unbranched alkanes of at least 4 members (excludes halogenated alkanes) is 7. The molecule has 0 bridgehead atoms. The number of aliphatic hydroxyl groups is 1. The highest BCUT2D eigenvalue weighted by molar-refractivity contribution is 6.74. The first-order chi connectivity index (χ1) is 16.1. The number of hydrogen-bond acceptors (Lipinski definition) is 4. The molecular formula is C29H56O4Si. The third kappa shape index (κ3) is 9.35. The predicted molar refractivity (Wildman–Crippen MR) is 146 cm³/mol. The molecule has 0 amide bonds. The van der Waals surface area contributed by atoms with Gasteiger partial charge in [-0.15, -0.1) is 6.58 Å². The number of rotatable bonds is 16. The van der Waals surface area contributed by atoms with Crippen molar-refractivity contribution in [2.75, 3.05) is 0 Å². The average Bonchev–Trinajstić information content (AvgIpc) is 3.44. The van der Waals surface area contributed by atoms with Crippen molar-refractivity contribution >= 4 is 8.32 Å². The Morgan fingerprint density at radius 3 is 2.00 bits per heavy atom. The Morgan fingerprint density at radius 2 is 1.44 bits per heavy atom. The molecule has 2 heterocycles. The zero-order valence-electron chi connectivity index (χ0n) is 23.3. The fourth-order valence-electron chi connectivity index (χ4n) is 5.16. The normalized spacial score (nSPS) is 27.7. The van der Waals surface area contributed by atoms with Gasteiger partial charge in [0.2, 0.25) is 0 Å². The van der Waals surface area contributed by atoms with E-state index in [1.54, 1.807) is 6.08 Å². The third-order valence-corrected chi connectivity index (χ3v) is 12.9. The molecule has 2 rings (SSSR count). The van der Waals surface area contributed by atoms with Crippen molar-refractivity contribution in [2.24, 2.45) is 0 Å². The van der Waals surface area contributed by atoms with Gasteiger partial charge in [0.15, 0.2) is 8.32 Å². The Labute approximate surface area is 212 Å². The highest BCUT2D eigenvalue weighted by Gasteiger charge is 2.44. The minimum absolute atomic E-state index is 0.0812. The smallest absolute Gasteiger partial charge is 0.192 e. The minimum atomic E-state index is -1.87. The highest BCUT2D eigenvalue weighted by Crippen LogP contribution is 2.41. The SMILES string of the molecule is C=CC[C@@H](O)[C@H]1CC[C@@H]([C@@H]2CC[C@H]([C@H](CCCCCCCCCC)O[Si](C)(C)C(C)(C)C)O2)O1. The Hall–Kier alpha value is -0.203. The van der Waals surface area contributed by atoms with Crippen LogP contribution < -0.4 is 0 Å². The molecule has 2 fully saturated rings. The second kappa shape index (κ2) is 14.5. The van der Waals surface area contributed by atoms with Crippen molar-refractivity contribution in [2.45, 2.75) is 172 Å². The van der Waals surface area contributed by atoms with E-state index in [0.717, 1.165) is 32.1 Å². The van der Waals surface area contributed by atoms with Crippen molar-refractivity contribution in [1.82, 2.24) is 0 Å². The second-order valence-electron chi connectivity index (χ2n) is 12.4. The molecule has 0 aromatic carbocycles. The Morgan fingerprint density at radius 1 is 0.912 bits per heavy atom. The van der Waals surface area contributed by atoms with E-state index in [2.05, 4.69) is 47.4 Å². The van der Waals surface area contributed by atoms with E-state index in [0.29, 0.717) is 6.42 Å². The number of hydrogen-bond donors (Lipinski definition) is 1. The predicted octanol–water partition coefficient (Wildman–Crippen LogP) is 7.94. The fourth-order valence-corrected chi connectivity index (χ4v) is 6.54. The molecule has 34 heavy (non-hydrogen) atoms. The molecule has 0 aromatic heterocycles.